The highest BCUT2D eigenvalue weighted by Gasteiger charge is 2.28. The normalized spacial score (nSPS) is 12.8. The van der Waals surface area contributed by atoms with Crippen molar-refractivity contribution in [2.24, 2.45) is 5.92 Å². The fourth-order valence-electron chi connectivity index (χ4n) is 2.57. The van der Waals surface area contributed by atoms with Crippen molar-refractivity contribution in [1.29, 1.82) is 0 Å². The summed E-state index contributed by atoms with van der Waals surface area (Å²) in [6, 6.07) is 18.4. The van der Waals surface area contributed by atoms with E-state index in [2.05, 4.69) is 0 Å². The maximum Gasteiger partial charge on any atom is 0.345 e. The zero-order chi connectivity index (χ0) is 19.6. The number of carboxylic acids is 1. The fourth-order valence-corrected chi connectivity index (χ4v) is 3.26. The highest BCUT2D eigenvalue weighted by atomic mass is 32.2. The molecule has 0 radical (unpaired) electrons. The van der Waals surface area contributed by atoms with Crippen molar-refractivity contribution >= 4 is 28.8 Å². The molecule has 5 nitrogen and oxygen atoms in total. The first-order valence-corrected chi connectivity index (χ1v) is 9.58. The van der Waals surface area contributed by atoms with Crippen LogP contribution in [0, 0.1) is 5.92 Å². The van der Waals surface area contributed by atoms with Gasteiger partial charge in [0.15, 0.2) is 5.12 Å². The van der Waals surface area contributed by atoms with Crippen molar-refractivity contribution in [3.05, 3.63) is 71.8 Å². The topological polar surface area (TPSA) is 80.7 Å². The number of aliphatic carboxylic acids is 1. The molecule has 0 heterocycles. The van der Waals surface area contributed by atoms with Crippen LogP contribution < -0.4 is 0 Å². The van der Waals surface area contributed by atoms with Crippen LogP contribution in [0.2, 0.25) is 0 Å². The van der Waals surface area contributed by atoms with E-state index in [0.29, 0.717) is 6.42 Å². The van der Waals surface area contributed by atoms with Crippen LogP contribution in [0.15, 0.2) is 60.7 Å². The summed E-state index contributed by atoms with van der Waals surface area (Å²) in [5, 5.41) is 9.34. The van der Waals surface area contributed by atoms with Crippen molar-refractivity contribution in [2.75, 3.05) is 5.75 Å². The Bertz CT molecular complexity index is 761. The van der Waals surface area contributed by atoms with Gasteiger partial charge in [0.1, 0.15) is 0 Å². The monoisotopic (exact) mass is 386 g/mol. The molecule has 142 valence electrons. The molecule has 0 bridgehead atoms. The van der Waals surface area contributed by atoms with Crippen molar-refractivity contribution in [2.45, 2.75) is 25.9 Å². The number of carbonyl (C=O) groups excluding carboxylic acids is 2. The van der Waals surface area contributed by atoms with Crippen molar-refractivity contribution in [3.8, 4) is 0 Å². The van der Waals surface area contributed by atoms with E-state index >= 15 is 0 Å². The molecule has 0 spiro atoms. The van der Waals surface area contributed by atoms with Crippen LogP contribution in [0.25, 0.3) is 0 Å². The summed E-state index contributed by atoms with van der Waals surface area (Å²) >= 11 is 1.04. The maximum absolute atomic E-state index is 12.7. The third-order valence-corrected chi connectivity index (χ3v) is 4.92. The molecule has 0 aromatic heterocycles. The van der Waals surface area contributed by atoms with E-state index in [1.165, 1.54) is 6.92 Å². The molecule has 0 unspecified atom stereocenters. The molecular weight excluding hydrogens is 364 g/mol. The summed E-state index contributed by atoms with van der Waals surface area (Å²) in [6.45, 7) is 1.44. The predicted molar refractivity (Wildman–Crippen MR) is 104 cm³/mol. The number of thioether (sulfide) groups is 1. The number of benzene rings is 2. The van der Waals surface area contributed by atoms with Crippen LogP contribution in [0.3, 0.4) is 0 Å². The third-order valence-electron chi connectivity index (χ3n) is 3.94. The van der Waals surface area contributed by atoms with Crippen LogP contribution in [0.5, 0.6) is 0 Å². The molecule has 0 fully saturated rings. The minimum absolute atomic E-state index is 0.0970. The minimum atomic E-state index is -1.26. The molecule has 0 aliphatic heterocycles. The molecule has 0 aliphatic rings. The maximum atomic E-state index is 12.7. The molecule has 2 atom stereocenters. The highest BCUT2D eigenvalue weighted by Crippen LogP contribution is 2.19. The van der Waals surface area contributed by atoms with E-state index in [0.717, 1.165) is 22.9 Å². The summed E-state index contributed by atoms with van der Waals surface area (Å²) in [4.78, 5) is 35.5. The second-order valence-corrected chi connectivity index (χ2v) is 7.34. The second-order valence-electron chi connectivity index (χ2n) is 6.14. The largest absolute Gasteiger partial charge is 0.478 e. The van der Waals surface area contributed by atoms with Gasteiger partial charge in [0.25, 0.3) is 0 Å². The minimum Gasteiger partial charge on any atom is -0.478 e. The first kappa shape index (κ1) is 20.7. The highest BCUT2D eigenvalue weighted by molar-refractivity contribution is 8.13. The standard InChI is InChI=1S/C21H22O5S/c1-15(22)27-14-18(12-16-8-4-2-5-9-16)21(25)26-19(20(23)24)13-17-10-6-3-7-11-17/h2-11,18-19H,12-14H2,1H3,(H,23,24)/t18-,19+/m1/s1. The Balaban J connectivity index is 2.08. The molecule has 6 heteroatoms. The predicted octanol–water partition coefficient (Wildman–Crippen LogP) is 3.36. The molecule has 2 rings (SSSR count). The van der Waals surface area contributed by atoms with Crippen LogP contribution in [0.4, 0.5) is 0 Å². The van der Waals surface area contributed by atoms with Gasteiger partial charge in [-0.1, -0.05) is 72.4 Å². The van der Waals surface area contributed by atoms with Gasteiger partial charge in [-0.15, -0.1) is 0 Å². The van der Waals surface area contributed by atoms with E-state index in [1.54, 1.807) is 24.3 Å². The van der Waals surface area contributed by atoms with Crippen LogP contribution in [0.1, 0.15) is 18.1 Å². The summed E-state index contributed by atoms with van der Waals surface area (Å²) < 4.78 is 5.32. The number of hydrogen-bond donors (Lipinski definition) is 1. The smallest absolute Gasteiger partial charge is 0.345 e. The van der Waals surface area contributed by atoms with E-state index in [-0.39, 0.29) is 17.3 Å². The lowest BCUT2D eigenvalue weighted by Crippen LogP contribution is -2.33. The molecule has 0 saturated heterocycles. The quantitative estimate of drug-likeness (QED) is 0.666. The van der Waals surface area contributed by atoms with E-state index in [1.807, 2.05) is 36.4 Å². The number of hydrogen-bond acceptors (Lipinski definition) is 5. The number of ether oxygens (including phenoxy) is 1. The average Bonchev–Trinajstić information content (AvgIpc) is 2.66. The molecule has 27 heavy (non-hydrogen) atoms. The Hall–Kier alpha value is -2.60. The van der Waals surface area contributed by atoms with Gasteiger partial charge in [0.2, 0.25) is 6.10 Å². The number of carboxylic acid groups (broad SMARTS) is 1. The average molecular weight is 386 g/mol. The fraction of sp³-hybridized carbons (Fsp3) is 0.286. The number of esters is 1. The lowest BCUT2D eigenvalue weighted by Gasteiger charge is -2.19. The van der Waals surface area contributed by atoms with E-state index in [9.17, 15) is 19.5 Å². The molecule has 0 aliphatic carbocycles. The van der Waals surface area contributed by atoms with Gasteiger partial charge >= 0.3 is 11.9 Å². The van der Waals surface area contributed by atoms with Crippen molar-refractivity contribution in [1.82, 2.24) is 0 Å². The Kier molecular flexibility index (Phi) is 8.07. The molecule has 0 amide bonds. The van der Waals surface area contributed by atoms with Gasteiger partial charge in [0, 0.05) is 19.1 Å². The van der Waals surface area contributed by atoms with Crippen molar-refractivity contribution in [3.63, 3.8) is 0 Å². The van der Waals surface area contributed by atoms with Gasteiger partial charge in [0.05, 0.1) is 5.92 Å². The lowest BCUT2D eigenvalue weighted by atomic mass is 10.0. The molecule has 2 aromatic carbocycles. The Morgan fingerprint density at radius 2 is 1.44 bits per heavy atom. The summed E-state index contributed by atoms with van der Waals surface area (Å²) in [7, 11) is 0. The first-order chi connectivity index (χ1) is 13.0. The third kappa shape index (κ3) is 7.27. The molecular formula is C21H22O5S. The molecule has 1 N–H and O–H groups in total. The summed E-state index contributed by atoms with van der Waals surface area (Å²) in [5.74, 6) is -2.14. The van der Waals surface area contributed by atoms with Gasteiger partial charge in [-0.05, 0) is 17.5 Å². The van der Waals surface area contributed by atoms with Crippen molar-refractivity contribution < 1.29 is 24.2 Å². The Morgan fingerprint density at radius 3 is 1.93 bits per heavy atom. The van der Waals surface area contributed by atoms with Crippen LogP contribution >= 0.6 is 11.8 Å². The van der Waals surface area contributed by atoms with E-state index in [4.69, 9.17) is 4.74 Å². The van der Waals surface area contributed by atoms with Crippen LogP contribution in [-0.4, -0.2) is 34.0 Å². The Labute approximate surface area is 162 Å². The van der Waals surface area contributed by atoms with Gasteiger partial charge < -0.3 is 9.84 Å². The van der Waals surface area contributed by atoms with E-state index < -0.39 is 24.0 Å². The van der Waals surface area contributed by atoms with Gasteiger partial charge in [-0.3, -0.25) is 9.59 Å². The van der Waals surface area contributed by atoms with Crippen LogP contribution in [-0.2, 0) is 32.0 Å². The zero-order valence-electron chi connectivity index (χ0n) is 15.0. The SMILES string of the molecule is CC(=O)SC[C@@H](Cc1ccccc1)C(=O)O[C@@H](Cc1ccccc1)C(=O)O. The first-order valence-electron chi connectivity index (χ1n) is 8.60. The Morgan fingerprint density at radius 1 is 0.926 bits per heavy atom. The summed E-state index contributed by atoms with van der Waals surface area (Å²) in [5.41, 5.74) is 1.70. The number of carbonyl (C=O) groups is 3. The molecule has 0 saturated carbocycles. The summed E-state index contributed by atoms with van der Waals surface area (Å²) in [6.07, 6.45) is -0.780. The van der Waals surface area contributed by atoms with Gasteiger partial charge in [-0.25, -0.2) is 4.79 Å². The lowest BCUT2D eigenvalue weighted by molar-refractivity contribution is -0.166. The molecule has 2 aromatic rings. The number of rotatable bonds is 9. The zero-order valence-corrected chi connectivity index (χ0v) is 15.9. The van der Waals surface area contributed by atoms with Gasteiger partial charge in [-0.2, -0.15) is 0 Å². The second kappa shape index (κ2) is 10.5.